The molecule has 10 atom stereocenters. The van der Waals surface area contributed by atoms with Crippen molar-refractivity contribution in [3.63, 3.8) is 0 Å². The first-order valence-corrected chi connectivity index (χ1v) is 15.0. The van der Waals surface area contributed by atoms with Crippen LogP contribution in [-0.4, -0.2) is 0 Å². The van der Waals surface area contributed by atoms with Crippen LogP contribution >= 0.6 is 0 Å². The summed E-state index contributed by atoms with van der Waals surface area (Å²) in [4.78, 5) is 0. The zero-order valence-electron chi connectivity index (χ0n) is 22.9. The standard InChI is InChI=1S/C33H51N/c1-6-7-15-31(3)16-12-27-26(21-31)10-11-29-28(27)13-17-33(5)30(29)14-18-32(33,4)23(2)19-24-8-9-25(20-24)22-34/h8-9,20,23-24,26-30H,6-7,10-19,21H2,1-5H3/t23-,24+,26+,27?,28-,29-,30+,31?,32?,33+/m1/s1. The molecular weight excluding hydrogens is 410 g/mol. The first-order valence-electron chi connectivity index (χ1n) is 15.0. The highest BCUT2D eigenvalue weighted by atomic mass is 14.7. The second kappa shape index (κ2) is 9.12. The largest absolute Gasteiger partial charge is 0.192 e. The number of nitrogens with zero attached hydrogens (tertiary/aromatic N) is 1. The van der Waals surface area contributed by atoms with E-state index in [1.807, 2.05) is 6.08 Å². The van der Waals surface area contributed by atoms with Crippen LogP contribution in [0.15, 0.2) is 23.8 Å². The van der Waals surface area contributed by atoms with Gasteiger partial charge in [0, 0.05) is 5.57 Å². The summed E-state index contributed by atoms with van der Waals surface area (Å²) in [6.45, 7) is 12.9. The monoisotopic (exact) mass is 461 g/mol. The van der Waals surface area contributed by atoms with E-state index >= 15 is 0 Å². The first-order chi connectivity index (χ1) is 16.2. The number of hydrogen-bond acceptors (Lipinski definition) is 1. The zero-order chi connectivity index (χ0) is 24.1. The third-order valence-corrected chi connectivity index (χ3v) is 12.9. The van der Waals surface area contributed by atoms with E-state index < -0.39 is 0 Å². The van der Waals surface area contributed by atoms with Gasteiger partial charge in [0.15, 0.2) is 0 Å². The van der Waals surface area contributed by atoms with E-state index in [4.69, 9.17) is 0 Å². The fraction of sp³-hybridized carbons (Fsp3) is 0.848. The first kappa shape index (κ1) is 24.7. The number of rotatable bonds is 6. The smallest absolute Gasteiger partial charge is 0.0988 e. The minimum Gasteiger partial charge on any atom is -0.192 e. The molecule has 0 N–H and O–H groups in total. The summed E-state index contributed by atoms with van der Waals surface area (Å²) in [6, 6.07) is 2.34. The Bertz CT molecular complexity index is 860. The van der Waals surface area contributed by atoms with Gasteiger partial charge in [-0.05, 0) is 134 Å². The average molecular weight is 462 g/mol. The third-order valence-electron chi connectivity index (χ3n) is 12.9. The van der Waals surface area contributed by atoms with Crippen molar-refractivity contribution in [1.29, 1.82) is 5.26 Å². The van der Waals surface area contributed by atoms with Crippen LogP contribution in [0.3, 0.4) is 0 Å². The van der Waals surface area contributed by atoms with Gasteiger partial charge in [-0.1, -0.05) is 59.6 Å². The van der Waals surface area contributed by atoms with Crippen LogP contribution in [0.4, 0.5) is 0 Å². The SMILES string of the molecule is CCCCC1(C)CCC2[C@@H](CC[C@@H]3[C@@H]2CC[C@@]2(C)[C@H]3CCC2(C)[C@H](C)C[C@@H]2C=CC(C#N)=C2)C1. The average Bonchev–Trinajstić information content (AvgIpc) is 3.39. The van der Waals surface area contributed by atoms with E-state index in [0.29, 0.717) is 28.1 Å². The molecule has 3 unspecified atom stereocenters. The molecule has 0 saturated heterocycles. The Hall–Kier alpha value is -1.03. The van der Waals surface area contributed by atoms with Crippen LogP contribution in [0.5, 0.6) is 0 Å². The quantitative estimate of drug-likeness (QED) is 0.386. The Balaban J connectivity index is 1.28. The topological polar surface area (TPSA) is 23.8 Å². The van der Waals surface area contributed by atoms with Crippen molar-refractivity contribution < 1.29 is 0 Å². The fourth-order valence-electron chi connectivity index (χ4n) is 10.6. The normalized spacial score (nSPS) is 48.4. The Morgan fingerprint density at radius 2 is 1.79 bits per heavy atom. The Morgan fingerprint density at radius 1 is 1.00 bits per heavy atom. The second-order valence-corrected chi connectivity index (χ2v) is 14.4. The molecule has 0 aromatic rings. The maximum absolute atomic E-state index is 9.27. The number of allylic oxidation sites excluding steroid dienone is 4. The summed E-state index contributed by atoms with van der Waals surface area (Å²) in [6.07, 6.45) is 25.5. The van der Waals surface area contributed by atoms with Crippen LogP contribution < -0.4 is 0 Å². The number of nitriles is 1. The van der Waals surface area contributed by atoms with Crippen molar-refractivity contribution in [2.45, 2.75) is 118 Å². The van der Waals surface area contributed by atoms with Gasteiger partial charge in [-0.15, -0.1) is 0 Å². The molecule has 5 rings (SSSR count). The number of fused-ring (bicyclic) bond motifs is 5. The summed E-state index contributed by atoms with van der Waals surface area (Å²) in [5.74, 6) is 6.25. The van der Waals surface area contributed by atoms with Crippen molar-refractivity contribution in [3.05, 3.63) is 23.8 Å². The summed E-state index contributed by atoms with van der Waals surface area (Å²) < 4.78 is 0. The van der Waals surface area contributed by atoms with Gasteiger partial charge in [0.1, 0.15) is 0 Å². The molecule has 4 fully saturated rings. The van der Waals surface area contributed by atoms with Crippen molar-refractivity contribution in [1.82, 2.24) is 0 Å². The van der Waals surface area contributed by atoms with Crippen LogP contribution in [0.1, 0.15) is 118 Å². The molecule has 1 heteroatoms. The van der Waals surface area contributed by atoms with Crippen molar-refractivity contribution in [2.75, 3.05) is 0 Å². The Labute approximate surface area is 210 Å². The zero-order valence-corrected chi connectivity index (χ0v) is 22.9. The Kier molecular flexibility index (Phi) is 6.62. The summed E-state index contributed by atoms with van der Waals surface area (Å²) in [7, 11) is 0. The predicted molar refractivity (Wildman–Crippen MR) is 143 cm³/mol. The van der Waals surface area contributed by atoms with Gasteiger partial charge in [0.25, 0.3) is 0 Å². The number of hydrogen-bond donors (Lipinski definition) is 0. The minimum atomic E-state index is 0.446. The van der Waals surface area contributed by atoms with Crippen molar-refractivity contribution in [3.8, 4) is 6.07 Å². The van der Waals surface area contributed by atoms with Crippen LogP contribution in [0, 0.1) is 69.0 Å². The highest BCUT2D eigenvalue weighted by Crippen LogP contribution is 2.70. The molecule has 0 amide bonds. The lowest BCUT2D eigenvalue weighted by Crippen LogP contribution is -2.52. The van der Waals surface area contributed by atoms with Gasteiger partial charge in [0.2, 0.25) is 0 Å². The minimum absolute atomic E-state index is 0.446. The van der Waals surface area contributed by atoms with Gasteiger partial charge in [0.05, 0.1) is 6.07 Å². The molecule has 5 aliphatic carbocycles. The molecule has 5 aliphatic rings. The van der Waals surface area contributed by atoms with E-state index in [9.17, 15) is 5.26 Å². The molecule has 0 aromatic carbocycles. The molecule has 34 heavy (non-hydrogen) atoms. The maximum atomic E-state index is 9.27. The van der Waals surface area contributed by atoms with Gasteiger partial charge in [-0.2, -0.15) is 5.26 Å². The highest BCUT2D eigenvalue weighted by molar-refractivity contribution is 5.39. The van der Waals surface area contributed by atoms with Gasteiger partial charge < -0.3 is 0 Å². The van der Waals surface area contributed by atoms with E-state index in [1.165, 1.54) is 83.5 Å². The summed E-state index contributed by atoms with van der Waals surface area (Å²) in [5, 5.41) is 9.27. The predicted octanol–water partition coefficient (Wildman–Crippen LogP) is 9.50. The molecular formula is C33H51N. The second-order valence-electron chi connectivity index (χ2n) is 14.4. The molecule has 0 radical (unpaired) electrons. The summed E-state index contributed by atoms with van der Waals surface area (Å²) >= 11 is 0. The van der Waals surface area contributed by atoms with Crippen LogP contribution in [0.2, 0.25) is 0 Å². The molecule has 1 nitrogen and oxygen atoms in total. The van der Waals surface area contributed by atoms with Gasteiger partial charge in [-0.25, -0.2) is 0 Å². The highest BCUT2D eigenvalue weighted by Gasteiger charge is 2.62. The summed E-state index contributed by atoms with van der Waals surface area (Å²) in [5.41, 5.74) is 2.47. The lowest BCUT2D eigenvalue weighted by molar-refractivity contribution is -0.107. The molecule has 0 spiro atoms. The molecule has 4 saturated carbocycles. The van der Waals surface area contributed by atoms with E-state index in [0.717, 1.165) is 35.2 Å². The number of unbranched alkanes of at least 4 members (excludes halogenated alkanes) is 1. The lowest BCUT2D eigenvalue weighted by Gasteiger charge is -2.60. The van der Waals surface area contributed by atoms with Gasteiger partial charge >= 0.3 is 0 Å². The van der Waals surface area contributed by atoms with Crippen molar-refractivity contribution >= 4 is 0 Å². The van der Waals surface area contributed by atoms with Crippen molar-refractivity contribution in [2.24, 2.45) is 57.7 Å². The van der Waals surface area contributed by atoms with Crippen LogP contribution in [0.25, 0.3) is 0 Å². The van der Waals surface area contributed by atoms with Gasteiger partial charge in [-0.3, -0.25) is 0 Å². The fourth-order valence-corrected chi connectivity index (χ4v) is 10.6. The molecule has 0 aliphatic heterocycles. The Morgan fingerprint density at radius 3 is 2.53 bits per heavy atom. The lowest BCUT2D eigenvalue weighted by atomic mass is 9.45. The molecule has 0 heterocycles. The maximum Gasteiger partial charge on any atom is 0.0988 e. The molecule has 0 aromatic heterocycles. The van der Waals surface area contributed by atoms with E-state index in [-0.39, 0.29) is 0 Å². The van der Waals surface area contributed by atoms with E-state index in [2.05, 4.69) is 52.8 Å². The van der Waals surface area contributed by atoms with E-state index in [1.54, 1.807) is 0 Å². The van der Waals surface area contributed by atoms with Crippen LogP contribution in [-0.2, 0) is 0 Å². The molecule has 0 bridgehead atoms. The third kappa shape index (κ3) is 3.95. The molecule has 188 valence electrons.